The highest BCUT2D eigenvalue weighted by Gasteiger charge is 2.43. The van der Waals surface area contributed by atoms with Crippen LogP contribution in [0.3, 0.4) is 0 Å². The Kier molecular flexibility index (Phi) is 3.28. The minimum absolute atomic E-state index is 0.290. The number of methoxy groups -OCH3 is 1. The van der Waals surface area contributed by atoms with Gasteiger partial charge in [0.1, 0.15) is 6.61 Å². The third-order valence-electron chi connectivity index (χ3n) is 3.96. The van der Waals surface area contributed by atoms with Crippen LogP contribution >= 0.6 is 0 Å². The molecule has 0 amide bonds. The maximum absolute atomic E-state index is 10.7. The molecule has 0 spiro atoms. The largest absolute Gasteiger partial charge is 0.466 e. The maximum atomic E-state index is 10.7. The van der Waals surface area contributed by atoms with Crippen molar-refractivity contribution in [2.24, 2.45) is 0 Å². The summed E-state index contributed by atoms with van der Waals surface area (Å²) < 4.78 is 10.6. The van der Waals surface area contributed by atoms with Crippen LogP contribution in [0.15, 0.2) is 48.5 Å². The summed E-state index contributed by atoms with van der Waals surface area (Å²) in [5, 5.41) is 0. The summed E-state index contributed by atoms with van der Waals surface area (Å²) in [7, 11) is 1.67. The van der Waals surface area contributed by atoms with Gasteiger partial charge in [-0.2, -0.15) is 0 Å². The van der Waals surface area contributed by atoms with Gasteiger partial charge in [-0.3, -0.25) is 4.79 Å². The van der Waals surface area contributed by atoms with Crippen LogP contribution in [0.2, 0.25) is 0 Å². The summed E-state index contributed by atoms with van der Waals surface area (Å²) >= 11 is 0. The molecule has 0 aromatic heterocycles. The van der Waals surface area contributed by atoms with Gasteiger partial charge in [0.15, 0.2) is 0 Å². The fourth-order valence-electron chi connectivity index (χ4n) is 3.19. The fourth-order valence-corrected chi connectivity index (χ4v) is 3.19. The number of hydrogen-bond acceptors (Lipinski definition) is 3. The van der Waals surface area contributed by atoms with E-state index in [1.807, 2.05) is 24.3 Å². The van der Waals surface area contributed by atoms with Gasteiger partial charge >= 0.3 is 0 Å². The topological polar surface area (TPSA) is 35.5 Å². The lowest BCUT2D eigenvalue weighted by Gasteiger charge is -2.30. The third-order valence-corrected chi connectivity index (χ3v) is 3.96. The summed E-state index contributed by atoms with van der Waals surface area (Å²) in [6.07, 6.45) is 0. The SMILES string of the molecule is COCC1(COC=O)c2ccccc2-c2ccccc21. The van der Waals surface area contributed by atoms with Gasteiger partial charge in [-0.15, -0.1) is 0 Å². The number of carbonyl (C=O) groups is 1. The molecule has 2 aromatic rings. The lowest BCUT2D eigenvalue weighted by molar-refractivity contribution is -0.130. The van der Waals surface area contributed by atoms with Gasteiger partial charge in [0, 0.05) is 7.11 Å². The van der Waals surface area contributed by atoms with Gasteiger partial charge in [-0.05, 0) is 22.3 Å². The Labute approximate surface area is 118 Å². The van der Waals surface area contributed by atoms with E-state index in [0.29, 0.717) is 19.7 Å². The molecule has 102 valence electrons. The Morgan fingerprint density at radius 3 is 2.00 bits per heavy atom. The van der Waals surface area contributed by atoms with E-state index in [-0.39, 0.29) is 0 Å². The zero-order valence-electron chi connectivity index (χ0n) is 11.3. The van der Waals surface area contributed by atoms with E-state index in [0.717, 1.165) is 11.1 Å². The van der Waals surface area contributed by atoms with Gasteiger partial charge in [-0.25, -0.2) is 0 Å². The molecule has 1 aliphatic carbocycles. The summed E-state index contributed by atoms with van der Waals surface area (Å²) in [6, 6.07) is 16.5. The van der Waals surface area contributed by atoms with Crippen molar-refractivity contribution in [3.63, 3.8) is 0 Å². The molecule has 0 radical (unpaired) electrons. The average molecular weight is 268 g/mol. The van der Waals surface area contributed by atoms with Gasteiger partial charge < -0.3 is 9.47 Å². The Morgan fingerprint density at radius 1 is 0.950 bits per heavy atom. The molecule has 0 heterocycles. The molecule has 0 N–H and O–H groups in total. The molecule has 0 atom stereocenters. The first-order valence-electron chi connectivity index (χ1n) is 6.57. The summed E-state index contributed by atoms with van der Waals surface area (Å²) in [4.78, 5) is 10.7. The minimum atomic E-state index is -0.414. The predicted octanol–water partition coefficient (Wildman–Crippen LogP) is 2.77. The molecule has 0 unspecified atom stereocenters. The number of ether oxygens (including phenoxy) is 2. The first kappa shape index (κ1) is 12.9. The zero-order valence-corrected chi connectivity index (χ0v) is 11.3. The smallest absolute Gasteiger partial charge is 0.293 e. The minimum Gasteiger partial charge on any atom is -0.466 e. The van der Waals surface area contributed by atoms with Crippen molar-refractivity contribution < 1.29 is 14.3 Å². The molecule has 0 aliphatic heterocycles. The van der Waals surface area contributed by atoms with Crippen molar-refractivity contribution in [3.8, 4) is 11.1 Å². The number of fused-ring (bicyclic) bond motifs is 3. The van der Waals surface area contributed by atoms with E-state index >= 15 is 0 Å². The van der Waals surface area contributed by atoms with Gasteiger partial charge in [-0.1, -0.05) is 48.5 Å². The second-order valence-electron chi connectivity index (χ2n) is 5.01. The molecule has 20 heavy (non-hydrogen) atoms. The highest BCUT2D eigenvalue weighted by Crippen LogP contribution is 2.49. The Hall–Kier alpha value is -2.13. The second-order valence-corrected chi connectivity index (χ2v) is 5.01. The molecule has 0 saturated carbocycles. The second kappa shape index (κ2) is 5.10. The number of benzene rings is 2. The van der Waals surface area contributed by atoms with Crippen LogP contribution in [0, 0.1) is 0 Å². The molecule has 3 heteroatoms. The molecule has 0 bridgehead atoms. The Bertz CT molecular complexity index is 588. The normalized spacial score (nSPS) is 14.4. The van der Waals surface area contributed by atoms with E-state index in [1.54, 1.807) is 7.11 Å². The molecule has 3 rings (SSSR count). The van der Waals surface area contributed by atoms with Crippen LogP contribution in [-0.2, 0) is 19.7 Å². The van der Waals surface area contributed by atoms with Crippen LogP contribution < -0.4 is 0 Å². The quantitative estimate of drug-likeness (QED) is 0.782. The van der Waals surface area contributed by atoms with E-state index in [1.165, 1.54) is 11.1 Å². The van der Waals surface area contributed by atoms with Gasteiger partial charge in [0.25, 0.3) is 6.47 Å². The molecule has 0 saturated heterocycles. The highest BCUT2D eigenvalue weighted by atomic mass is 16.5. The average Bonchev–Trinajstić information content (AvgIpc) is 2.78. The van der Waals surface area contributed by atoms with Crippen LogP contribution in [0.25, 0.3) is 11.1 Å². The van der Waals surface area contributed by atoms with Crippen LogP contribution in [0.4, 0.5) is 0 Å². The van der Waals surface area contributed by atoms with Gasteiger partial charge in [0.2, 0.25) is 0 Å². The zero-order chi connectivity index (χ0) is 14.0. The molecule has 2 aromatic carbocycles. The maximum Gasteiger partial charge on any atom is 0.293 e. The monoisotopic (exact) mass is 268 g/mol. The molecule has 1 aliphatic rings. The van der Waals surface area contributed by atoms with Crippen molar-refractivity contribution in [3.05, 3.63) is 59.7 Å². The van der Waals surface area contributed by atoms with Crippen LogP contribution in [0.5, 0.6) is 0 Å². The molecule has 0 fully saturated rings. The summed E-state index contributed by atoms with van der Waals surface area (Å²) in [5.74, 6) is 0. The predicted molar refractivity (Wildman–Crippen MR) is 76.6 cm³/mol. The van der Waals surface area contributed by atoms with Crippen molar-refractivity contribution in [1.82, 2.24) is 0 Å². The lowest BCUT2D eigenvalue weighted by Crippen LogP contribution is -2.36. The Balaban J connectivity index is 2.24. The van der Waals surface area contributed by atoms with Crippen molar-refractivity contribution in [1.29, 1.82) is 0 Å². The lowest BCUT2D eigenvalue weighted by atomic mass is 9.79. The fraction of sp³-hybridized carbons (Fsp3) is 0.235. The summed E-state index contributed by atoms with van der Waals surface area (Å²) in [5.41, 5.74) is 4.28. The van der Waals surface area contributed by atoms with E-state index in [2.05, 4.69) is 24.3 Å². The van der Waals surface area contributed by atoms with Crippen molar-refractivity contribution >= 4 is 6.47 Å². The van der Waals surface area contributed by atoms with Gasteiger partial charge in [0.05, 0.1) is 12.0 Å². The first-order chi connectivity index (χ1) is 9.83. The third kappa shape index (κ3) is 1.74. The first-order valence-corrected chi connectivity index (χ1v) is 6.57. The van der Waals surface area contributed by atoms with Crippen LogP contribution in [-0.4, -0.2) is 26.8 Å². The van der Waals surface area contributed by atoms with Crippen LogP contribution in [0.1, 0.15) is 11.1 Å². The standard InChI is InChI=1S/C17H16O3/c1-19-10-17(11-20-12-18)15-8-4-2-6-13(15)14-7-3-5-9-16(14)17/h2-9,12H,10-11H2,1H3. The molecular weight excluding hydrogens is 252 g/mol. The molecule has 3 nitrogen and oxygen atoms in total. The molecular formula is C17H16O3. The van der Waals surface area contributed by atoms with E-state index in [4.69, 9.17) is 9.47 Å². The number of rotatable bonds is 5. The van der Waals surface area contributed by atoms with Crippen molar-refractivity contribution in [2.75, 3.05) is 20.3 Å². The summed E-state index contributed by atoms with van der Waals surface area (Å²) in [6.45, 7) is 1.27. The number of hydrogen-bond donors (Lipinski definition) is 0. The number of carbonyl (C=O) groups excluding carboxylic acids is 1. The highest BCUT2D eigenvalue weighted by molar-refractivity contribution is 5.81. The Morgan fingerprint density at radius 2 is 1.50 bits per heavy atom. The van der Waals surface area contributed by atoms with E-state index < -0.39 is 5.41 Å². The van der Waals surface area contributed by atoms with E-state index in [9.17, 15) is 4.79 Å². The van der Waals surface area contributed by atoms with Crippen molar-refractivity contribution in [2.45, 2.75) is 5.41 Å².